The van der Waals surface area contributed by atoms with Crippen molar-refractivity contribution in [3.63, 3.8) is 0 Å². The van der Waals surface area contributed by atoms with Gasteiger partial charge in [0.15, 0.2) is 5.69 Å². The standard InChI is InChI=1S/C29H30N8O/c1-18(37-13-10-20(11-14-37)19-5-7-21(8-6-19)28(38)35(2)3)26-15-23-22(9-12-32-27(23)36(26)4)24-17-33-29(31)34-25(24)16-30/h5-10,12,15,17-18H,11,13-14H2,1-4H3,(H2,31,33,34)/t18-/m0/s1. The van der Waals surface area contributed by atoms with Gasteiger partial charge in [-0.1, -0.05) is 18.2 Å². The molecule has 1 aliphatic rings. The molecule has 4 heterocycles. The SMILES string of the molecule is C[C@@H](c1cc2c(-c3cnc(N)nc3C#N)ccnc2n1C)N1CC=C(c2ccc(C(=O)N(C)C)cc2)CC1. The summed E-state index contributed by atoms with van der Waals surface area (Å²) in [5, 5.41) is 10.6. The van der Waals surface area contributed by atoms with Gasteiger partial charge < -0.3 is 15.2 Å². The molecule has 0 aliphatic carbocycles. The van der Waals surface area contributed by atoms with E-state index in [0.29, 0.717) is 11.1 Å². The van der Waals surface area contributed by atoms with Crippen LogP contribution in [0.15, 0.2) is 54.9 Å². The topological polar surface area (TPSA) is 117 Å². The molecule has 2 N–H and O–H groups in total. The number of nitriles is 1. The van der Waals surface area contributed by atoms with Crippen LogP contribution >= 0.6 is 0 Å². The molecule has 0 unspecified atom stereocenters. The summed E-state index contributed by atoms with van der Waals surface area (Å²) in [5.41, 5.74) is 12.6. The van der Waals surface area contributed by atoms with Crippen molar-refractivity contribution in [2.45, 2.75) is 19.4 Å². The highest BCUT2D eigenvalue weighted by Crippen LogP contribution is 2.35. The van der Waals surface area contributed by atoms with E-state index in [1.807, 2.05) is 37.4 Å². The highest BCUT2D eigenvalue weighted by molar-refractivity contribution is 5.95. The van der Waals surface area contributed by atoms with Crippen LogP contribution in [0.25, 0.3) is 27.7 Å². The van der Waals surface area contributed by atoms with E-state index in [0.717, 1.165) is 47.4 Å². The van der Waals surface area contributed by atoms with Crippen molar-refractivity contribution in [1.82, 2.24) is 29.3 Å². The van der Waals surface area contributed by atoms with Crippen molar-refractivity contribution in [2.75, 3.05) is 32.9 Å². The van der Waals surface area contributed by atoms with Crippen molar-refractivity contribution < 1.29 is 4.79 Å². The van der Waals surface area contributed by atoms with E-state index in [1.54, 1.807) is 31.4 Å². The van der Waals surface area contributed by atoms with Gasteiger partial charge in [0.1, 0.15) is 11.7 Å². The van der Waals surface area contributed by atoms with Gasteiger partial charge in [-0.15, -0.1) is 0 Å². The Morgan fingerprint density at radius 1 is 1.16 bits per heavy atom. The predicted octanol–water partition coefficient (Wildman–Crippen LogP) is 4.04. The molecule has 1 amide bonds. The summed E-state index contributed by atoms with van der Waals surface area (Å²) in [7, 11) is 5.55. The zero-order chi connectivity index (χ0) is 27.0. The minimum absolute atomic E-state index is 0.00884. The maximum atomic E-state index is 12.2. The van der Waals surface area contributed by atoms with Crippen LogP contribution in [0.4, 0.5) is 5.95 Å². The van der Waals surface area contributed by atoms with Crippen molar-refractivity contribution in [3.8, 4) is 17.2 Å². The van der Waals surface area contributed by atoms with E-state index >= 15 is 0 Å². The monoisotopic (exact) mass is 506 g/mol. The first-order valence-corrected chi connectivity index (χ1v) is 12.5. The molecule has 0 bridgehead atoms. The number of anilines is 1. The van der Waals surface area contributed by atoms with E-state index < -0.39 is 0 Å². The van der Waals surface area contributed by atoms with Crippen LogP contribution in [0.3, 0.4) is 0 Å². The lowest BCUT2D eigenvalue weighted by atomic mass is 9.97. The van der Waals surface area contributed by atoms with Gasteiger partial charge in [-0.2, -0.15) is 5.26 Å². The third kappa shape index (κ3) is 4.51. The second-order valence-electron chi connectivity index (χ2n) is 9.75. The summed E-state index contributed by atoms with van der Waals surface area (Å²) in [6, 6.07) is 14.2. The Hall–Kier alpha value is -4.55. The first kappa shape index (κ1) is 25.1. The fourth-order valence-corrected chi connectivity index (χ4v) is 5.12. The second-order valence-corrected chi connectivity index (χ2v) is 9.75. The summed E-state index contributed by atoms with van der Waals surface area (Å²) in [4.78, 5) is 29.1. The molecule has 1 aliphatic heterocycles. The molecule has 9 heteroatoms. The highest BCUT2D eigenvalue weighted by atomic mass is 16.2. The Bertz CT molecular complexity index is 1590. The molecule has 9 nitrogen and oxygen atoms in total. The van der Waals surface area contributed by atoms with E-state index in [1.165, 1.54) is 5.57 Å². The molecule has 38 heavy (non-hydrogen) atoms. The van der Waals surface area contributed by atoms with E-state index in [9.17, 15) is 10.1 Å². The number of rotatable bonds is 5. The first-order chi connectivity index (χ1) is 18.3. The van der Waals surface area contributed by atoms with Crippen LogP contribution in [-0.4, -0.2) is 62.4 Å². The average Bonchev–Trinajstić information content (AvgIpc) is 3.28. The second kappa shape index (κ2) is 10.1. The quantitative estimate of drug-likeness (QED) is 0.434. The predicted molar refractivity (Wildman–Crippen MR) is 148 cm³/mol. The molecule has 0 spiro atoms. The van der Waals surface area contributed by atoms with Gasteiger partial charge in [0.05, 0.1) is 0 Å². The van der Waals surface area contributed by atoms with Crippen LogP contribution in [0.2, 0.25) is 0 Å². The maximum absolute atomic E-state index is 12.2. The van der Waals surface area contributed by atoms with Gasteiger partial charge in [0.2, 0.25) is 5.95 Å². The molecule has 192 valence electrons. The molecule has 5 rings (SSSR count). The normalized spacial score (nSPS) is 14.7. The van der Waals surface area contributed by atoms with Crippen LogP contribution in [0, 0.1) is 11.3 Å². The summed E-state index contributed by atoms with van der Waals surface area (Å²) in [5.74, 6) is 0.0861. The van der Waals surface area contributed by atoms with Crippen LogP contribution in [-0.2, 0) is 7.05 Å². The molecule has 0 radical (unpaired) electrons. The van der Waals surface area contributed by atoms with Crippen molar-refractivity contribution in [1.29, 1.82) is 5.26 Å². The number of nitrogens with zero attached hydrogens (tertiary/aromatic N) is 7. The number of amides is 1. The molecule has 1 atom stereocenters. The van der Waals surface area contributed by atoms with E-state index in [-0.39, 0.29) is 23.6 Å². The van der Waals surface area contributed by atoms with Crippen LogP contribution < -0.4 is 5.73 Å². The Morgan fingerprint density at radius 3 is 2.58 bits per heavy atom. The van der Waals surface area contributed by atoms with Crippen molar-refractivity contribution >= 4 is 28.5 Å². The van der Waals surface area contributed by atoms with Crippen molar-refractivity contribution in [2.24, 2.45) is 7.05 Å². The third-order valence-electron chi connectivity index (χ3n) is 7.29. The van der Waals surface area contributed by atoms with Gasteiger partial charge >= 0.3 is 0 Å². The molecule has 1 aromatic carbocycles. The molecule has 3 aromatic heterocycles. The highest BCUT2D eigenvalue weighted by Gasteiger charge is 2.24. The summed E-state index contributed by atoms with van der Waals surface area (Å²) in [6.07, 6.45) is 6.55. The van der Waals surface area contributed by atoms with Crippen LogP contribution in [0.5, 0.6) is 0 Å². The number of hydrogen-bond acceptors (Lipinski definition) is 7. The number of fused-ring (bicyclic) bond motifs is 1. The Labute approximate surface area is 221 Å². The number of nitrogens with two attached hydrogens (primary N) is 1. The number of carbonyl (C=O) groups is 1. The zero-order valence-corrected chi connectivity index (χ0v) is 22.0. The minimum atomic E-state index is 0.00884. The molecule has 0 saturated heterocycles. The Kier molecular flexibility index (Phi) is 6.66. The van der Waals surface area contributed by atoms with Gasteiger partial charge in [-0.25, -0.2) is 15.0 Å². The van der Waals surface area contributed by atoms with Gasteiger partial charge in [0, 0.05) is 74.9 Å². The van der Waals surface area contributed by atoms with E-state index in [4.69, 9.17) is 5.73 Å². The number of pyridine rings is 1. The number of aryl methyl sites for hydroxylation is 1. The molecule has 4 aromatic rings. The summed E-state index contributed by atoms with van der Waals surface area (Å²) < 4.78 is 2.12. The minimum Gasteiger partial charge on any atom is -0.368 e. The number of benzene rings is 1. The van der Waals surface area contributed by atoms with Crippen molar-refractivity contribution in [3.05, 3.63) is 77.4 Å². The smallest absolute Gasteiger partial charge is 0.253 e. The first-order valence-electron chi connectivity index (χ1n) is 12.5. The summed E-state index contributed by atoms with van der Waals surface area (Å²) >= 11 is 0. The number of carbonyl (C=O) groups excluding carboxylic acids is 1. The molecule has 0 fully saturated rings. The van der Waals surface area contributed by atoms with Gasteiger partial charge in [-0.3, -0.25) is 9.69 Å². The van der Waals surface area contributed by atoms with Crippen LogP contribution in [0.1, 0.15) is 46.7 Å². The Morgan fingerprint density at radius 2 is 1.92 bits per heavy atom. The largest absolute Gasteiger partial charge is 0.368 e. The molecular formula is C29H30N8O. The zero-order valence-electron chi connectivity index (χ0n) is 22.0. The van der Waals surface area contributed by atoms with Gasteiger partial charge in [0.25, 0.3) is 5.91 Å². The third-order valence-corrected chi connectivity index (χ3v) is 7.29. The molecule has 0 saturated carbocycles. The lowest BCUT2D eigenvalue weighted by molar-refractivity contribution is 0.0827. The average molecular weight is 507 g/mol. The van der Waals surface area contributed by atoms with Gasteiger partial charge in [-0.05, 0) is 54.3 Å². The number of hydrogen-bond donors (Lipinski definition) is 1. The maximum Gasteiger partial charge on any atom is 0.253 e. The fraction of sp³-hybridized carbons (Fsp3) is 0.276. The lowest BCUT2D eigenvalue weighted by Crippen LogP contribution is -2.32. The summed E-state index contributed by atoms with van der Waals surface area (Å²) in [6.45, 7) is 3.94. The van der Waals surface area contributed by atoms with E-state index in [2.05, 4.69) is 49.6 Å². The Balaban J connectivity index is 1.40. The fourth-order valence-electron chi connectivity index (χ4n) is 5.12. The molecular weight excluding hydrogens is 476 g/mol. The number of nitrogen functional groups attached to an aromatic ring is 1. The lowest BCUT2D eigenvalue weighted by Gasteiger charge is -2.32. The number of aromatic nitrogens is 4.